The lowest BCUT2D eigenvalue weighted by Crippen LogP contribution is -2.41. The molecule has 0 bridgehead atoms. The van der Waals surface area contributed by atoms with Gasteiger partial charge in [0.25, 0.3) is 0 Å². The van der Waals surface area contributed by atoms with Crippen LogP contribution in [0.5, 0.6) is 0 Å². The number of nitrogens with one attached hydrogen (secondary N) is 1. The van der Waals surface area contributed by atoms with Crippen LogP contribution in [0.1, 0.15) is 24.5 Å². The molecule has 1 aromatic heterocycles. The number of anilines is 2. The molecule has 28 heavy (non-hydrogen) atoms. The van der Waals surface area contributed by atoms with E-state index in [9.17, 15) is 9.59 Å². The lowest BCUT2D eigenvalue weighted by Gasteiger charge is -2.32. The van der Waals surface area contributed by atoms with E-state index in [-0.39, 0.29) is 18.0 Å². The Morgan fingerprint density at radius 1 is 1.21 bits per heavy atom. The highest BCUT2D eigenvalue weighted by Crippen LogP contribution is 2.27. The second kappa shape index (κ2) is 7.84. The second-order valence-electron chi connectivity index (χ2n) is 7.26. The van der Waals surface area contributed by atoms with E-state index < -0.39 is 0 Å². The molecule has 8 heteroatoms. The lowest BCUT2D eigenvalue weighted by atomic mass is 9.95. The van der Waals surface area contributed by atoms with Crippen molar-refractivity contribution in [1.29, 1.82) is 0 Å². The van der Waals surface area contributed by atoms with E-state index in [1.54, 1.807) is 29.4 Å². The Morgan fingerprint density at radius 2 is 2.11 bits per heavy atom. The van der Waals surface area contributed by atoms with Gasteiger partial charge in [-0.05, 0) is 37.1 Å². The normalized spacial score (nSPS) is 19.8. The first kappa shape index (κ1) is 18.2. The van der Waals surface area contributed by atoms with Gasteiger partial charge in [-0.2, -0.15) is 0 Å². The molecule has 0 unspecified atom stereocenters. The van der Waals surface area contributed by atoms with E-state index >= 15 is 0 Å². The number of hydrogen-bond donors (Lipinski definition) is 1. The van der Waals surface area contributed by atoms with E-state index in [1.165, 1.54) is 0 Å². The van der Waals surface area contributed by atoms with Gasteiger partial charge in [-0.25, -0.2) is 19.6 Å². The second-order valence-corrected chi connectivity index (χ2v) is 7.26. The molecule has 1 atom stereocenters. The molecule has 146 valence electrons. The predicted octanol–water partition coefficient (Wildman–Crippen LogP) is 2.76. The molecule has 0 spiro atoms. The Kier molecular flexibility index (Phi) is 5.10. The molecule has 2 saturated heterocycles. The van der Waals surface area contributed by atoms with Gasteiger partial charge >= 0.3 is 12.1 Å². The maximum Gasteiger partial charge on any atom is 0.324 e. The van der Waals surface area contributed by atoms with Crippen molar-refractivity contribution in [2.24, 2.45) is 0 Å². The average Bonchev–Trinajstić information content (AvgIpc) is 3.07. The average molecular weight is 380 g/mol. The van der Waals surface area contributed by atoms with Gasteiger partial charge in [0.05, 0.1) is 0 Å². The van der Waals surface area contributed by atoms with Gasteiger partial charge in [-0.3, -0.25) is 4.90 Å². The number of urea groups is 2. The summed E-state index contributed by atoms with van der Waals surface area (Å²) in [7, 11) is 1.79. The Hall–Kier alpha value is -3.16. The smallest absolute Gasteiger partial charge is 0.324 e. The zero-order valence-electron chi connectivity index (χ0n) is 15.9. The van der Waals surface area contributed by atoms with Gasteiger partial charge in [-0.15, -0.1) is 0 Å². The Labute approximate surface area is 164 Å². The van der Waals surface area contributed by atoms with Crippen molar-refractivity contribution in [2.75, 3.05) is 43.4 Å². The van der Waals surface area contributed by atoms with Crippen LogP contribution in [-0.2, 0) is 0 Å². The van der Waals surface area contributed by atoms with Crippen LogP contribution in [0, 0.1) is 0 Å². The minimum Gasteiger partial charge on any atom is -0.326 e. The molecule has 8 nitrogen and oxygen atoms in total. The van der Waals surface area contributed by atoms with Crippen LogP contribution in [0.15, 0.2) is 42.9 Å². The summed E-state index contributed by atoms with van der Waals surface area (Å²) in [5.41, 5.74) is 2.46. The summed E-state index contributed by atoms with van der Waals surface area (Å²) in [4.78, 5) is 38.5. The third-order valence-electron chi connectivity index (χ3n) is 5.36. The van der Waals surface area contributed by atoms with Crippen LogP contribution in [0.4, 0.5) is 21.0 Å². The van der Waals surface area contributed by atoms with E-state index in [4.69, 9.17) is 0 Å². The number of aromatic nitrogens is 2. The van der Waals surface area contributed by atoms with Crippen molar-refractivity contribution < 1.29 is 9.59 Å². The molecule has 4 rings (SSSR count). The number of rotatable bonds is 3. The van der Waals surface area contributed by atoms with Crippen LogP contribution in [0.3, 0.4) is 0 Å². The Balaban J connectivity index is 1.42. The minimum atomic E-state index is -0.124. The van der Waals surface area contributed by atoms with Gasteiger partial charge in [0, 0.05) is 62.4 Å². The van der Waals surface area contributed by atoms with E-state index in [1.807, 2.05) is 35.2 Å². The number of carbonyl (C=O) groups is 2. The zero-order valence-corrected chi connectivity index (χ0v) is 15.9. The van der Waals surface area contributed by atoms with Gasteiger partial charge in [0.15, 0.2) is 0 Å². The summed E-state index contributed by atoms with van der Waals surface area (Å²) < 4.78 is 0. The third kappa shape index (κ3) is 3.76. The molecule has 1 N–H and O–H groups in total. The molecule has 0 radical (unpaired) electrons. The monoisotopic (exact) mass is 380 g/mol. The van der Waals surface area contributed by atoms with Crippen molar-refractivity contribution in [3.63, 3.8) is 0 Å². The quantitative estimate of drug-likeness (QED) is 0.888. The first-order chi connectivity index (χ1) is 13.6. The van der Waals surface area contributed by atoms with Gasteiger partial charge < -0.3 is 15.1 Å². The molecular weight excluding hydrogens is 356 g/mol. The fourth-order valence-corrected chi connectivity index (χ4v) is 3.79. The van der Waals surface area contributed by atoms with Crippen molar-refractivity contribution >= 4 is 23.4 Å². The van der Waals surface area contributed by atoms with Crippen LogP contribution < -0.4 is 10.2 Å². The van der Waals surface area contributed by atoms with Crippen LogP contribution in [-0.4, -0.2) is 65.1 Å². The number of carbonyl (C=O) groups excluding carboxylic acids is 2. The molecule has 2 aliphatic rings. The first-order valence-corrected chi connectivity index (χ1v) is 9.56. The molecule has 1 aromatic carbocycles. The highest BCUT2D eigenvalue weighted by molar-refractivity contribution is 5.95. The first-order valence-electron chi connectivity index (χ1n) is 9.56. The van der Waals surface area contributed by atoms with Crippen molar-refractivity contribution in [2.45, 2.75) is 18.8 Å². The number of likely N-dealkylation sites (N-methyl/N-ethyl adjacent to an activating group) is 1. The van der Waals surface area contributed by atoms with Crippen LogP contribution in [0.2, 0.25) is 0 Å². The minimum absolute atomic E-state index is 0.0211. The van der Waals surface area contributed by atoms with Gasteiger partial charge in [0.2, 0.25) is 0 Å². The molecule has 4 amide bonds. The number of piperidine rings is 1. The SMILES string of the molecule is CN1CCN(c2cccc(NC(=O)N3CCC[C@H](c4ccncn4)C3)c2)C1=O. The van der Waals surface area contributed by atoms with Crippen LogP contribution in [0.25, 0.3) is 0 Å². The molecule has 2 aliphatic heterocycles. The topological polar surface area (TPSA) is 81.7 Å². The third-order valence-corrected chi connectivity index (χ3v) is 5.36. The molecule has 0 saturated carbocycles. The Bertz CT molecular complexity index is 859. The summed E-state index contributed by atoms with van der Waals surface area (Å²) in [6, 6.07) is 9.21. The standard InChI is InChI=1S/C20H24N6O2/c1-24-10-11-26(20(24)28)17-6-2-5-16(12-17)23-19(27)25-9-3-4-15(13-25)18-7-8-21-14-22-18/h2,5-8,12,14-15H,3-4,9-11,13H2,1H3,(H,23,27)/t15-/m0/s1. The molecular formula is C20H24N6O2. The van der Waals surface area contributed by atoms with E-state index in [2.05, 4.69) is 15.3 Å². The van der Waals surface area contributed by atoms with Gasteiger partial charge in [-0.1, -0.05) is 6.07 Å². The number of hydrogen-bond acceptors (Lipinski definition) is 4. The highest BCUT2D eigenvalue weighted by Gasteiger charge is 2.28. The maximum atomic E-state index is 12.8. The van der Waals surface area contributed by atoms with Gasteiger partial charge in [0.1, 0.15) is 6.33 Å². The predicted molar refractivity (Wildman–Crippen MR) is 106 cm³/mol. The van der Waals surface area contributed by atoms with Crippen molar-refractivity contribution in [1.82, 2.24) is 19.8 Å². The number of likely N-dealkylation sites (tertiary alicyclic amines) is 1. The zero-order chi connectivity index (χ0) is 19.5. The summed E-state index contributed by atoms with van der Waals surface area (Å²) in [5, 5.41) is 2.98. The molecule has 3 heterocycles. The van der Waals surface area contributed by atoms with Crippen molar-refractivity contribution in [3.8, 4) is 0 Å². The fourth-order valence-electron chi connectivity index (χ4n) is 3.79. The number of amides is 4. The summed E-state index contributed by atoms with van der Waals surface area (Å²) in [6.07, 6.45) is 5.25. The van der Waals surface area contributed by atoms with Crippen molar-refractivity contribution in [3.05, 3.63) is 48.5 Å². The summed E-state index contributed by atoms with van der Waals surface area (Å²) in [5.74, 6) is 0.228. The lowest BCUT2D eigenvalue weighted by molar-refractivity contribution is 0.192. The maximum absolute atomic E-state index is 12.8. The Morgan fingerprint density at radius 3 is 2.86 bits per heavy atom. The summed E-state index contributed by atoms with van der Waals surface area (Å²) >= 11 is 0. The van der Waals surface area contributed by atoms with E-state index in [0.717, 1.165) is 30.8 Å². The molecule has 2 fully saturated rings. The van der Waals surface area contributed by atoms with E-state index in [0.29, 0.717) is 25.3 Å². The number of benzene rings is 1. The largest absolute Gasteiger partial charge is 0.326 e. The fraction of sp³-hybridized carbons (Fsp3) is 0.400. The van der Waals surface area contributed by atoms with Crippen LogP contribution >= 0.6 is 0 Å². The summed E-state index contributed by atoms with van der Waals surface area (Å²) in [6.45, 7) is 2.72. The number of nitrogens with zero attached hydrogens (tertiary/aromatic N) is 5. The molecule has 0 aliphatic carbocycles. The highest BCUT2D eigenvalue weighted by atomic mass is 16.2. The molecule has 2 aromatic rings.